The number of pyridine rings is 3. The Balaban J connectivity index is 0.000000260. The molecule has 0 aliphatic rings. The minimum atomic E-state index is -2.33. The molecule has 7 aromatic rings. The molecule has 6 heteroatoms. The molecule has 5 heterocycles. The van der Waals surface area contributed by atoms with Gasteiger partial charge in [0.2, 0.25) is 5.71 Å². The summed E-state index contributed by atoms with van der Waals surface area (Å²) >= 11 is 1.48. The van der Waals surface area contributed by atoms with Crippen molar-refractivity contribution in [2.45, 2.75) is 40.9 Å². The van der Waals surface area contributed by atoms with Gasteiger partial charge < -0.3 is 14.4 Å². The Kier molecular flexibility index (Phi) is 6.96. The number of benzene rings is 2. The summed E-state index contributed by atoms with van der Waals surface area (Å²) in [6.07, 6.45) is 1.97. The first-order valence-corrected chi connectivity index (χ1v) is 14.1. The Morgan fingerprint density at radius 1 is 0.976 bits per heavy atom. The Labute approximate surface area is 271 Å². The van der Waals surface area contributed by atoms with Gasteiger partial charge in [0.25, 0.3) is 0 Å². The molecule has 0 amide bonds. The van der Waals surface area contributed by atoms with Crippen molar-refractivity contribution < 1.29 is 31.4 Å². The molecule has 42 heavy (non-hydrogen) atoms. The second-order valence-corrected chi connectivity index (χ2v) is 11.7. The maximum absolute atomic E-state index is 8.86. The number of hydrogen-bond donors (Lipinski definition) is 0. The van der Waals surface area contributed by atoms with E-state index < -0.39 is 18.6 Å². The van der Waals surface area contributed by atoms with Crippen LogP contribution >= 0.6 is 11.3 Å². The van der Waals surface area contributed by atoms with Gasteiger partial charge in [0.05, 0.1) is 5.58 Å². The van der Waals surface area contributed by atoms with Crippen molar-refractivity contribution in [3.63, 3.8) is 0 Å². The molecular weight excluding hydrogens is 715 g/mol. The van der Waals surface area contributed by atoms with E-state index in [1.165, 1.54) is 23.0 Å². The predicted octanol–water partition coefficient (Wildman–Crippen LogP) is 9.81. The van der Waals surface area contributed by atoms with E-state index in [9.17, 15) is 0 Å². The molecule has 0 fully saturated rings. The van der Waals surface area contributed by atoms with Gasteiger partial charge in [0.1, 0.15) is 0 Å². The van der Waals surface area contributed by atoms with Crippen LogP contribution in [0, 0.1) is 31.3 Å². The van der Waals surface area contributed by atoms with Gasteiger partial charge in [-0.3, -0.25) is 0 Å². The zero-order valence-corrected chi connectivity index (χ0v) is 26.8. The van der Waals surface area contributed by atoms with Crippen LogP contribution in [-0.2, 0) is 26.5 Å². The van der Waals surface area contributed by atoms with Gasteiger partial charge in [-0.2, -0.15) is 0 Å². The van der Waals surface area contributed by atoms with E-state index in [4.69, 9.17) is 11.3 Å². The predicted molar refractivity (Wildman–Crippen MR) is 170 cm³/mol. The number of thiophene rings is 1. The molecule has 0 aliphatic carbocycles. The third-order valence-corrected chi connectivity index (χ3v) is 7.37. The minimum absolute atomic E-state index is 0. The van der Waals surface area contributed by atoms with Gasteiger partial charge in [-0.05, 0) is 71.3 Å². The van der Waals surface area contributed by atoms with E-state index in [0.29, 0.717) is 27.8 Å². The minimum Gasteiger partial charge on any atom is -0.486 e. The number of nitrogens with zero attached hydrogens (tertiary/aromatic N) is 3. The van der Waals surface area contributed by atoms with Crippen molar-refractivity contribution in [1.82, 2.24) is 15.0 Å². The molecular formula is C36H31IrN3OS-2. The molecule has 0 N–H and O–H groups in total. The smallest absolute Gasteiger partial charge is 0.216 e. The van der Waals surface area contributed by atoms with Crippen LogP contribution < -0.4 is 0 Å². The topological polar surface area (TPSA) is 51.8 Å². The monoisotopic (exact) mass is 751 g/mol. The van der Waals surface area contributed by atoms with Gasteiger partial charge in [0, 0.05) is 60.8 Å². The van der Waals surface area contributed by atoms with E-state index >= 15 is 0 Å². The Bertz CT molecular complexity index is 2170. The summed E-state index contributed by atoms with van der Waals surface area (Å²) in [5.74, 6) is 0. The summed E-state index contributed by atoms with van der Waals surface area (Å²) in [5, 5.41) is 4.08. The molecule has 213 valence electrons. The van der Waals surface area contributed by atoms with Gasteiger partial charge >= 0.3 is 0 Å². The standard InChI is InChI=1S/C24H21N2OS.C12H10N.Ir/c1-14-8-9-17-16-6-5-7-18(22(16)27-23(17)26-14)21-20-15(12-24(2,3)4)13-28-19(20)10-11-25-21;1-10-7-8-12(13-9-10)11-5-3-2-4-6-11;/h5-6,8-11,13H,12H2,1-4H3;2-5,7-9H,1H3;/q2*-1;/i1D3,12D2;;. The maximum atomic E-state index is 8.86. The molecule has 0 spiro atoms. The third kappa shape index (κ3) is 6.22. The second kappa shape index (κ2) is 12.3. The number of rotatable bonds is 3. The fourth-order valence-electron chi connectivity index (χ4n) is 4.65. The summed E-state index contributed by atoms with van der Waals surface area (Å²) in [5.41, 5.74) is 5.04. The largest absolute Gasteiger partial charge is 0.486 e. The Morgan fingerprint density at radius 2 is 1.86 bits per heavy atom. The van der Waals surface area contributed by atoms with Crippen molar-refractivity contribution in [2.75, 3.05) is 0 Å². The Morgan fingerprint density at radius 3 is 2.60 bits per heavy atom. The number of aryl methyl sites for hydroxylation is 2. The van der Waals surface area contributed by atoms with Crippen LogP contribution in [0.15, 0.2) is 88.9 Å². The van der Waals surface area contributed by atoms with Gasteiger partial charge in [-0.15, -0.1) is 65.4 Å². The van der Waals surface area contributed by atoms with E-state index in [2.05, 4.69) is 33.2 Å². The molecule has 0 atom stereocenters. The fourth-order valence-corrected chi connectivity index (χ4v) is 5.53. The van der Waals surface area contributed by atoms with Crippen molar-refractivity contribution in [3.05, 3.63) is 113 Å². The molecule has 2 aromatic carbocycles. The zero-order chi connectivity index (χ0) is 32.9. The Hall–Kier alpha value is -3.70. The van der Waals surface area contributed by atoms with Crippen molar-refractivity contribution in [2.24, 2.45) is 5.41 Å². The molecule has 1 radical (unpaired) electrons. The van der Waals surface area contributed by atoms with Crippen molar-refractivity contribution in [3.8, 4) is 22.5 Å². The zero-order valence-electron chi connectivity index (χ0n) is 28.6. The van der Waals surface area contributed by atoms with E-state index in [-0.39, 0.29) is 31.5 Å². The van der Waals surface area contributed by atoms with Crippen LogP contribution in [0.2, 0.25) is 0 Å². The number of aromatic nitrogens is 3. The van der Waals surface area contributed by atoms with Crippen LogP contribution in [0.4, 0.5) is 0 Å². The molecule has 0 unspecified atom stereocenters. The van der Waals surface area contributed by atoms with Crippen LogP contribution in [0.1, 0.15) is 44.4 Å². The molecule has 7 rings (SSSR count). The van der Waals surface area contributed by atoms with Gasteiger partial charge in [0.15, 0.2) is 0 Å². The SMILES string of the molecule is Cc1ccc(-c2[c-]cccc2)nc1.[2H]C([2H])([2H])c1ccc2c(n1)oc1c(-c3nccc4scc(C([2H])([2H])C(C)(C)C)c34)[c-]ccc12.[Ir]. The molecule has 0 saturated carbocycles. The van der Waals surface area contributed by atoms with Crippen molar-refractivity contribution >= 4 is 43.5 Å². The van der Waals surface area contributed by atoms with Crippen LogP contribution in [0.25, 0.3) is 54.7 Å². The number of furan rings is 1. The van der Waals surface area contributed by atoms with Crippen LogP contribution in [0.3, 0.4) is 0 Å². The average Bonchev–Trinajstić information content (AvgIpc) is 3.63. The summed E-state index contributed by atoms with van der Waals surface area (Å²) in [4.78, 5) is 13.2. The van der Waals surface area contributed by atoms with E-state index in [0.717, 1.165) is 26.7 Å². The summed E-state index contributed by atoms with van der Waals surface area (Å²) < 4.78 is 47.6. The molecule has 5 aromatic heterocycles. The maximum Gasteiger partial charge on any atom is 0.216 e. The quantitative estimate of drug-likeness (QED) is 0.169. The van der Waals surface area contributed by atoms with Gasteiger partial charge in [-0.1, -0.05) is 43.9 Å². The van der Waals surface area contributed by atoms with Crippen molar-refractivity contribution in [1.29, 1.82) is 0 Å². The number of hydrogen-bond acceptors (Lipinski definition) is 5. The van der Waals surface area contributed by atoms with Crippen LogP contribution in [-0.4, -0.2) is 15.0 Å². The average molecular weight is 751 g/mol. The molecule has 4 nitrogen and oxygen atoms in total. The van der Waals surface area contributed by atoms with Crippen LogP contribution in [0.5, 0.6) is 0 Å². The first kappa shape index (κ1) is 23.8. The van der Waals surface area contributed by atoms with Gasteiger partial charge in [-0.25, -0.2) is 4.98 Å². The first-order valence-electron chi connectivity index (χ1n) is 15.8. The molecule has 0 aliphatic heterocycles. The third-order valence-electron chi connectivity index (χ3n) is 6.43. The fraction of sp³-hybridized carbons (Fsp3) is 0.194. The molecule has 0 saturated heterocycles. The number of fused-ring (bicyclic) bond motifs is 4. The first-order chi connectivity index (χ1) is 21.8. The van der Waals surface area contributed by atoms with E-state index in [1.54, 1.807) is 18.3 Å². The second-order valence-electron chi connectivity index (χ2n) is 10.8. The summed E-state index contributed by atoms with van der Waals surface area (Å²) in [7, 11) is 0. The molecule has 0 bridgehead atoms. The summed E-state index contributed by atoms with van der Waals surface area (Å²) in [6.45, 7) is 5.34. The summed E-state index contributed by atoms with van der Waals surface area (Å²) in [6, 6.07) is 27.0. The van der Waals surface area contributed by atoms with E-state index in [1.807, 2.05) is 81.7 Å². The normalized spacial score (nSPS) is 13.8.